The lowest BCUT2D eigenvalue weighted by Gasteiger charge is -2.32. The minimum absolute atomic E-state index is 0.788. The van der Waals surface area contributed by atoms with Crippen molar-refractivity contribution < 1.29 is 0 Å². The van der Waals surface area contributed by atoms with Gasteiger partial charge in [0.05, 0.1) is 0 Å². The van der Waals surface area contributed by atoms with Crippen molar-refractivity contribution in [1.82, 2.24) is 10.2 Å². The maximum Gasteiger partial charge on any atom is 0.00912 e. The highest BCUT2D eigenvalue weighted by Crippen LogP contribution is 2.10. The van der Waals surface area contributed by atoms with Gasteiger partial charge in [0.1, 0.15) is 0 Å². The third kappa shape index (κ3) is 4.34. The monoisotopic (exact) mass is 202 g/mol. The molecule has 0 aromatic heterocycles. The molecule has 1 fully saturated rings. The highest BCUT2D eigenvalue weighted by Gasteiger charge is 2.17. The highest BCUT2D eigenvalue weighted by atomic mass is 32.2. The third-order valence-electron chi connectivity index (χ3n) is 2.69. The number of hydrogen-bond acceptors (Lipinski definition) is 3. The Balaban J connectivity index is 2.08. The quantitative estimate of drug-likeness (QED) is 0.726. The van der Waals surface area contributed by atoms with E-state index in [0.717, 1.165) is 12.6 Å². The summed E-state index contributed by atoms with van der Waals surface area (Å²) >= 11 is 1.95. The lowest BCUT2D eigenvalue weighted by Crippen LogP contribution is -2.43. The normalized spacial score (nSPS) is 20.8. The van der Waals surface area contributed by atoms with E-state index < -0.39 is 0 Å². The molecule has 0 aromatic carbocycles. The second-order valence-electron chi connectivity index (χ2n) is 3.67. The summed E-state index contributed by atoms with van der Waals surface area (Å²) in [5, 5.41) is 3.53. The van der Waals surface area contributed by atoms with Crippen LogP contribution in [-0.2, 0) is 0 Å². The van der Waals surface area contributed by atoms with Gasteiger partial charge >= 0.3 is 0 Å². The Morgan fingerprint density at radius 1 is 1.38 bits per heavy atom. The van der Waals surface area contributed by atoms with Gasteiger partial charge in [-0.15, -0.1) is 0 Å². The van der Waals surface area contributed by atoms with Crippen LogP contribution < -0.4 is 5.32 Å². The van der Waals surface area contributed by atoms with Gasteiger partial charge in [-0.2, -0.15) is 11.8 Å². The number of likely N-dealkylation sites (tertiary alicyclic amines) is 1. The van der Waals surface area contributed by atoms with Crippen molar-refractivity contribution in [3.05, 3.63) is 0 Å². The fourth-order valence-electron chi connectivity index (χ4n) is 1.87. The van der Waals surface area contributed by atoms with Gasteiger partial charge in [-0.1, -0.05) is 6.92 Å². The maximum absolute atomic E-state index is 3.53. The number of nitrogens with one attached hydrogen (secondary N) is 1. The Kier molecular flexibility index (Phi) is 5.83. The molecule has 0 bridgehead atoms. The molecular weight excluding hydrogens is 180 g/mol. The maximum atomic E-state index is 3.53. The highest BCUT2D eigenvalue weighted by molar-refractivity contribution is 7.98. The van der Waals surface area contributed by atoms with Crippen molar-refractivity contribution in [3.8, 4) is 0 Å². The molecule has 2 nitrogen and oxygen atoms in total. The Hall–Kier alpha value is 0.270. The molecule has 0 unspecified atom stereocenters. The molecule has 3 heteroatoms. The molecule has 1 saturated heterocycles. The van der Waals surface area contributed by atoms with Crippen LogP contribution in [0, 0.1) is 0 Å². The van der Waals surface area contributed by atoms with Crippen molar-refractivity contribution in [2.24, 2.45) is 0 Å². The van der Waals surface area contributed by atoms with Gasteiger partial charge in [0.25, 0.3) is 0 Å². The molecule has 1 N–H and O–H groups in total. The van der Waals surface area contributed by atoms with Gasteiger partial charge in [0.2, 0.25) is 0 Å². The molecule has 0 amide bonds. The smallest absolute Gasteiger partial charge is 0.00912 e. The van der Waals surface area contributed by atoms with Crippen LogP contribution in [0.25, 0.3) is 0 Å². The number of rotatable bonds is 5. The zero-order valence-corrected chi connectivity index (χ0v) is 9.70. The average molecular weight is 202 g/mol. The minimum atomic E-state index is 0.788. The van der Waals surface area contributed by atoms with E-state index >= 15 is 0 Å². The second kappa shape index (κ2) is 6.68. The molecule has 0 aromatic rings. The lowest BCUT2D eigenvalue weighted by atomic mass is 10.1. The second-order valence-corrected chi connectivity index (χ2v) is 4.65. The van der Waals surface area contributed by atoms with Crippen LogP contribution in [0.5, 0.6) is 0 Å². The van der Waals surface area contributed by atoms with Gasteiger partial charge in [0.15, 0.2) is 0 Å². The zero-order valence-electron chi connectivity index (χ0n) is 8.88. The molecular formula is C10H22N2S. The SMILES string of the molecule is CCNC1CCN(CCSC)CC1. The Morgan fingerprint density at radius 3 is 2.62 bits per heavy atom. The van der Waals surface area contributed by atoms with Crippen LogP contribution in [0.2, 0.25) is 0 Å². The Bertz CT molecular complexity index is 122. The third-order valence-corrected chi connectivity index (χ3v) is 3.28. The standard InChI is InChI=1S/C10H22N2S/c1-3-11-10-4-6-12(7-5-10)8-9-13-2/h10-11H,3-9H2,1-2H3. The summed E-state index contributed by atoms with van der Waals surface area (Å²) in [5.41, 5.74) is 0. The van der Waals surface area contributed by atoms with Crippen molar-refractivity contribution in [2.45, 2.75) is 25.8 Å². The molecule has 0 radical (unpaired) electrons. The van der Waals surface area contributed by atoms with Crippen LogP contribution in [-0.4, -0.2) is 49.1 Å². The van der Waals surface area contributed by atoms with Crippen molar-refractivity contribution in [2.75, 3.05) is 38.2 Å². The molecule has 0 aliphatic carbocycles. The molecule has 1 aliphatic rings. The summed E-state index contributed by atoms with van der Waals surface area (Å²) in [7, 11) is 0. The van der Waals surface area contributed by atoms with E-state index in [1.54, 1.807) is 0 Å². The molecule has 0 atom stereocenters. The zero-order chi connectivity index (χ0) is 9.52. The van der Waals surface area contributed by atoms with Crippen LogP contribution in [0.15, 0.2) is 0 Å². The number of hydrogen-bond donors (Lipinski definition) is 1. The molecule has 1 rings (SSSR count). The molecule has 1 aliphatic heterocycles. The fraction of sp³-hybridized carbons (Fsp3) is 1.00. The largest absolute Gasteiger partial charge is 0.314 e. The number of nitrogens with zero attached hydrogens (tertiary/aromatic N) is 1. The predicted molar refractivity (Wildman–Crippen MR) is 61.5 cm³/mol. The molecule has 0 saturated carbocycles. The summed E-state index contributed by atoms with van der Waals surface area (Å²) in [5.74, 6) is 1.28. The van der Waals surface area contributed by atoms with Gasteiger partial charge < -0.3 is 10.2 Å². The number of thioether (sulfide) groups is 1. The van der Waals surface area contributed by atoms with Crippen LogP contribution >= 0.6 is 11.8 Å². The van der Waals surface area contributed by atoms with Crippen molar-refractivity contribution in [3.63, 3.8) is 0 Å². The summed E-state index contributed by atoms with van der Waals surface area (Å²) in [6.45, 7) is 7.17. The first kappa shape index (κ1) is 11.3. The molecule has 13 heavy (non-hydrogen) atoms. The topological polar surface area (TPSA) is 15.3 Å². The molecule has 78 valence electrons. The molecule has 1 heterocycles. The van der Waals surface area contributed by atoms with E-state index in [4.69, 9.17) is 0 Å². The van der Waals surface area contributed by atoms with Crippen LogP contribution in [0.3, 0.4) is 0 Å². The summed E-state index contributed by atoms with van der Waals surface area (Å²) in [6.07, 6.45) is 4.86. The summed E-state index contributed by atoms with van der Waals surface area (Å²) < 4.78 is 0. The predicted octanol–water partition coefficient (Wildman–Crippen LogP) is 1.42. The average Bonchev–Trinajstić information content (AvgIpc) is 2.17. The van der Waals surface area contributed by atoms with Gasteiger partial charge in [-0.25, -0.2) is 0 Å². The van der Waals surface area contributed by atoms with Crippen molar-refractivity contribution in [1.29, 1.82) is 0 Å². The van der Waals surface area contributed by atoms with E-state index in [1.165, 1.54) is 38.2 Å². The van der Waals surface area contributed by atoms with E-state index in [1.807, 2.05) is 11.8 Å². The van der Waals surface area contributed by atoms with Gasteiger partial charge in [-0.05, 0) is 38.7 Å². The first-order chi connectivity index (χ1) is 6.36. The summed E-state index contributed by atoms with van der Waals surface area (Å²) in [6, 6.07) is 0.788. The van der Waals surface area contributed by atoms with Crippen LogP contribution in [0.4, 0.5) is 0 Å². The van der Waals surface area contributed by atoms with E-state index in [2.05, 4.69) is 23.4 Å². The van der Waals surface area contributed by atoms with E-state index in [-0.39, 0.29) is 0 Å². The Morgan fingerprint density at radius 2 is 2.08 bits per heavy atom. The fourth-order valence-corrected chi connectivity index (χ4v) is 2.31. The summed E-state index contributed by atoms with van der Waals surface area (Å²) in [4.78, 5) is 2.59. The minimum Gasteiger partial charge on any atom is -0.314 e. The van der Waals surface area contributed by atoms with Crippen molar-refractivity contribution >= 4 is 11.8 Å². The van der Waals surface area contributed by atoms with E-state index in [9.17, 15) is 0 Å². The van der Waals surface area contributed by atoms with Crippen LogP contribution in [0.1, 0.15) is 19.8 Å². The van der Waals surface area contributed by atoms with Gasteiger partial charge in [0, 0.05) is 18.3 Å². The van der Waals surface area contributed by atoms with Gasteiger partial charge in [-0.3, -0.25) is 0 Å². The van der Waals surface area contributed by atoms with E-state index in [0.29, 0.717) is 0 Å². The first-order valence-electron chi connectivity index (χ1n) is 5.31. The lowest BCUT2D eigenvalue weighted by molar-refractivity contribution is 0.209. The Labute approximate surface area is 86.5 Å². The first-order valence-corrected chi connectivity index (χ1v) is 6.71. The molecule has 0 spiro atoms. The number of piperidine rings is 1.